The normalized spacial score (nSPS) is 10.2. The number of ether oxygens (including phenoxy) is 1. The lowest BCUT2D eigenvalue weighted by Gasteiger charge is -2.11. The second kappa shape index (κ2) is 8.29. The van der Waals surface area contributed by atoms with Crippen LogP contribution in [0.15, 0.2) is 24.3 Å². The fourth-order valence-electron chi connectivity index (χ4n) is 1.54. The van der Waals surface area contributed by atoms with Gasteiger partial charge in [-0.25, -0.2) is 0 Å². The second-order valence-corrected chi connectivity index (χ2v) is 4.49. The van der Waals surface area contributed by atoms with Gasteiger partial charge in [0.2, 0.25) is 5.91 Å². The van der Waals surface area contributed by atoms with Gasteiger partial charge in [-0.1, -0.05) is 0 Å². The average molecular weight is 279 g/mol. The third kappa shape index (κ3) is 5.38. The van der Waals surface area contributed by atoms with Crippen LogP contribution in [-0.4, -0.2) is 57.6 Å². The molecule has 0 aliphatic carbocycles. The lowest BCUT2D eigenvalue weighted by Crippen LogP contribution is -2.30. The maximum atomic E-state index is 11.7. The summed E-state index contributed by atoms with van der Waals surface area (Å²) in [5.74, 6) is -0.197. The van der Waals surface area contributed by atoms with Crippen molar-refractivity contribution in [3.63, 3.8) is 0 Å². The molecule has 6 nitrogen and oxygen atoms in total. The zero-order valence-corrected chi connectivity index (χ0v) is 12.1. The van der Waals surface area contributed by atoms with E-state index in [0.717, 1.165) is 0 Å². The number of nitrogens with zero attached hydrogens (tertiary/aromatic N) is 1. The van der Waals surface area contributed by atoms with Gasteiger partial charge in [-0.15, -0.1) is 0 Å². The Balaban J connectivity index is 2.45. The maximum absolute atomic E-state index is 11.7. The largest absolute Gasteiger partial charge is 0.383 e. The van der Waals surface area contributed by atoms with Gasteiger partial charge in [0.25, 0.3) is 5.91 Å². The predicted molar refractivity (Wildman–Crippen MR) is 77.8 cm³/mol. The molecule has 0 atom stereocenters. The van der Waals surface area contributed by atoms with Crippen molar-refractivity contribution in [2.75, 3.05) is 46.2 Å². The topological polar surface area (TPSA) is 70.7 Å². The van der Waals surface area contributed by atoms with Crippen molar-refractivity contribution in [2.24, 2.45) is 0 Å². The zero-order valence-electron chi connectivity index (χ0n) is 12.1. The molecule has 0 aromatic heterocycles. The Morgan fingerprint density at radius 3 is 2.40 bits per heavy atom. The average Bonchev–Trinajstić information content (AvgIpc) is 2.43. The Kier molecular flexibility index (Phi) is 6.69. The molecule has 6 heteroatoms. The molecule has 0 spiro atoms. The van der Waals surface area contributed by atoms with Crippen LogP contribution in [0.5, 0.6) is 0 Å². The molecular formula is C14H21N3O3. The van der Waals surface area contributed by atoms with Crippen LogP contribution < -0.4 is 10.6 Å². The fraction of sp³-hybridized carbons (Fsp3) is 0.429. The lowest BCUT2D eigenvalue weighted by atomic mass is 10.2. The Labute approximate surface area is 119 Å². The fourth-order valence-corrected chi connectivity index (χ4v) is 1.54. The summed E-state index contributed by atoms with van der Waals surface area (Å²) in [7, 11) is 5.01. The molecule has 110 valence electrons. The molecule has 0 aliphatic rings. The van der Waals surface area contributed by atoms with Gasteiger partial charge in [0, 0.05) is 39.0 Å². The highest BCUT2D eigenvalue weighted by atomic mass is 16.5. The van der Waals surface area contributed by atoms with Gasteiger partial charge in [0.05, 0.1) is 13.2 Å². The molecule has 20 heavy (non-hydrogen) atoms. The first-order chi connectivity index (χ1) is 9.54. The Morgan fingerprint density at radius 2 is 1.85 bits per heavy atom. The summed E-state index contributed by atoms with van der Waals surface area (Å²) < 4.78 is 4.87. The number of hydrogen-bond acceptors (Lipinski definition) is 4. The van der Waals surface area contributed by atoms with Crippen molar-refractivity contribution >= 4 is 17.5 Å². The minimum Gasteiger partial charge on any atom is -0.383 e. The summed E-state index contributed by atoms with van der Waals surface area (Å²) in [5, 5.41) is 5.70. The van der Waals surface area contributed by atoms with E-state index in [1.165, 1.54) is 4.90 Å². The summed E-state index contributed by atoms with van der Waals surface area (Å²) in [5.41, 5.74) is 1.25. The molecular weight excluding hydrogens is 258 g/mol. The van der Waals surface area contributed by atoms with Gasteiger partial charge in [-0.3, -0.25) is 9.59 Å². The smallest absolute Gasteiger partial charge is 0.253 e. The number of carbonyl (C=O) groups is 2. The molecule has 0 unspecified atom stereocenters. The van der Waals surface area contributed by atoms with Crippen LogP contribution in [0, 0.1) is 0 Å². The van der Waals surface area contributed by atoms with Gasteiger partial charge in [-0.2, -0.15) is 0 Å². The van der Waals surface area contributed by atoms with E-state index in [4.69, 9.17) is 4.74 Å². The van der Waals surface area contributed by atoms with E-state index in [1.54, 1.807) is 45.5 Å². The third-order valence-corrected chi connectivity index (χ3v) is 2.59. The van der Waals surface area contributed by atoms with E-state index in [-0.39, 0.29) is 18.4 Å². The Hall–Kier alpha value is -1.92. The first-order valence-electron chi connectivity index (χ1n) is 6.36. The van der Waals surface area contributed by atoms with Gasteiger partial charge in [0.15, 0.2) is 0 Å². The number of benzene rings is 1. The van der Waals surface area contributed by atoms with Crippen molar-refractivity contribution in [3.8, 4) is 0 Å². The number of hydrogen-bond donors (Lipinski definition) is 2. The molecule has 1 rings (SSSR count). The Bertz CT molecular complexity index is 443. The molecule has 1 aromatic carbocycles. The van der Waals surface area contributed by atoms with E-state index in [1.807, 2.05) is 0 Å². The highest BCUT2D eigenvalue weighted by Gasteiger charge is 2.08. The van der Waals surface area contributed by atoms with Crippen molar-refractivity contribution in [1.82, 2.24) is 10.2 Å². The molecule has 0 saturated heterocycles. The summed E-state index contributed by atoms with van der Waals surface area (Å²) >= 11 is 0. The highest BCUT2D eigenvalue weighted by Crippen LogP contribution is 2.10. The molecule has 2 amide bonds. The van der Waals surface area contributed by atoms with Crippen LogP contribution in [0.1, 0.15) is 10.4 Å². The van der Waals surface area contributed by atoms with Crippen molar-refractivity contribution in [1.29, 1.82) is 0 Å². The molecule has 0 aliphatic heterocycles. The van der Waals surface area contributed by atoms with E-state index < -0.39 is 0 Å². The van der Waals surface area contributed by atoms with Crippen molar-refractivity contribution in [3.05, 3.63) is 29.8 Å². The molecule has 2 N–H and O–H groups in total. The van der Waals surface area contributed by atoms with Crippen LogP contribution in [0.2, 0.25) is 0 Å². The molecule has 0 saturated carbocycles. The van der Waals surface area contributed by atoms with Gasteiger partial charge < -0.3 is 20.3 Å². The number of amides is 2. The zero-order chi connectivity index (χ0) is 15.0. The van der Waals surface area contributed by atoms with E-state index in [0.29, 0.717) is 24.4 Å². The summed E-state index contributed by atoms with van der Waals surface area (Å²) in [4.78, 5) is 24.8. The number of carbonyl (C=O) groups excluding carboxylic acids is 2. The van der Waals surface area contributed by atoms with Crippen molar-refractivity contribution in [2.45, 2.75) is 0 Å². The molecule has 1 aromatic rings. The van der Waals surface area contributed by atoms with Crippen molar-refractivity contribution < 1.29 is 14.3 Å². The first-order valence-corrected chi connectivity index (χ1v) is 6.36. The van der Waals surface area contributed by atoms with Crippen LogP contribution in [0.3, 0.4) is 0 Å². The summed E-state index contributed by atoms with van der Waals surface area (Å²) in [6.07, 6.45) is 0. The van der Waals surface area contributed by atoms with Crippen LogP contribution >= 0.6 is 0 Å². The molecule has 0 fully saturated rings. The van der Waals surface area contributed by atoms with Crippen LogP contribution in [0.25, 0.3) is 0 Å². The number of rotatable bonds is 7. The number of anilines is 1. The minimum atomic E-state index is -0.132. The van der Waals surface area contributed by atoms with Gasteiger partial charge >= 0.3 is 0 Å². The SMILES string of the molecule is COCCNCC(=O)Nc1ccc(C(=O)N(C)C)cc1. The molecule has 0 bridgehead atoms. The molecule has 0 heterocycles. The van der Waals surface area contributed by atoms with Crippen LogP contribution in [-0.2, 0) is 9.53 Å². The van der Waals surface area contributed by atoms with Crippen LogP contribution in [0.4, 0.5) is 5.69 Å². The van der Waals surface area contributed by atoms with E-state index >= 15 is 0 Å². The minimum absolute atomic E-state index is 0.0656. The lowest BCUT2D eigenvalue weighted by molar-refractivity contribution is -0.115. The van der Waals surface area contributed by atoms with E-state index in [9.17, 15) is 9.59 Å². The Morgan fingerprint density at radius 1 is 1.20 bits per heavy atom. The second-order valence-electron chi connectivity index (χ2n) is 4.49. The predicted octanol–water partition coefficient (Wildman–Crippen LogP) is 0.563. The van der Waals surface area contributed by atoms with E-state index in [2.05, 4.69) is 10.6 Å². The number of nitrogens with one attached hydrogen (secondary N) is 2. The monoisotopic (exact) mass is 279 g/mol. The highest BCUT2D eigenvalue weighted by molar-refractivity contribution is 5.95. The maximum Gasteiger partial charge on any atom is 0.253 e. The summed E-state index contributed by atoms with van der Waals surface area (Å²) in [6.45, 7) is 1.41. The quantitative estimate of drug-likeness (QED) is 0.716. The molecule has 0 radical (unpaired) electrons. The first kappa shape index (κ1) is 16.1. The number of methoxy groups -OCH3 is 1. The third-order valence-electron chi connectivity index (χ3n) is 2.59. The standard InChI is InChI=1S/C14H21N3O3/c1-17(2)14(19)11-4-6-12(7-5-11)16-13(18)10-15-8-9-20-3/h4-7,15H,8-10H2,1-3H3,(H,16,18). The van der Waals surface area contributed by atoms with Gasteiger partial charge in [-0.05, 0) is 24.3 Å². The summed E-state index contributed by atoms with van der Waals surface area (Å²) in [6, 6.07) is 6.81. The van der Waals surface area contributed by atoms with Gasteiger partial charge in [0.1, 0.15) is 0 Å².